The normalized spacial score (nSPS) is 14.6. The molecule has 20 heavy (non-hydrogen) atoms. The van der Waals surface area contributed by atoms with Crippen LogP contribution in [0.25, 0.3) is 0 Å². The Bertz CT molecular complexity index is 425. The quantitative estimate of drug-likeness (QED) is 0.811. The molecule has 0 bridgehead atoms. The van der Waals surface area contributed by atoms with E-state index < -0.39 is 29.7 Å². The Morgan fingerprint density at radius 2 is 1.90 bits per heavy atom. The van der Waals surface area contributed by atoms with Gasteiger partial charge < -0.3 is 10.8 Å². The van der Waals surface area contributed by atoms with E-state index in [1.54, 1.807) is 0 Å². The Morgan fingerprint density at radius 1 is 1.30 bits per heavy atom. The van der Waals surface area contributed by atoms with Crippen molar-refractivity contribution in [3.63, 3.8) is 0 Å². The first-order valence-electron chi connectivity index (χ1n) is 6.07. The Balaban J connectivity index is 0.00000361. The van der Waals surface area contributed by atoms with Crippen LogP contribution >= 0.6 is 12.4 Å². The fourth-order valence-corrected chi connectivity index (χ4v) is 1.77. The molecule has 1 rings (SSSR count). The molecule has 1 aromatic rings. The van der Waals surface area contributed by atoms with E-state index in [-0.39, 0.29) is 18.0 Å². The summed E-state index contributed by atoms with van der Waals surface area (Å²) in [6.45, 7) is 1.93. The molecule has 1 aromatic carbocycles. The van der Waals surface area contributed by atoms with Gasteiger partial charge in [0.05, 0.1) is 17.7 Å². The zero-order chi connectivity index (χ0) is 14.6. The maximum atomic E-state index is 13.6. The van der Waals surface area contributed by atoms with Crippen molar-refractivity contribution in [1.82, 2.24) is 0 Å². The van der Waals surface area contributed by atoms with E-state index in [1.165, 1.54) is 0 Å². The summed E-state index contributed by atoms with van der Waals surface area (Å²) < 4.78 is 50.8. The van der Waals surface area contributed by atoms with Crippen molar-refractivity contribution >= 4 is 12.4 Å². The van der Waals surface area contributed by atoms with Gasteiger partial charge in [-0.15, -0.1) is 12.4 Å². The summed E-state index contributed by atoms with van der Waals surface area (Å²) in [5.41, 5.74) is 4.50. The summed E-state index contributed by atoms with van der Waals surface area (Å²) in [6.07, 6.45) is -3.61. The number of aliphatic hydroxyl groups excluding tert-OH is 1. The molecule has 0 aliphatic rings. The lowest BCUT2D eigenvalue weighted by Gasteiger charge is -2.20. The first-order chi connectivity index (χ1) is 8.77. The summed E-state index contributed by atoms with van der Waals surface area (Å²) in [6, 6.07) is 1.14. The average Bonchev–Trinajstić information content (AvgIpc) is 2.33. The third-order valence-corrected chi connectivity index (χ3v) is 2.95. The first kappa shape index (κ1) is 19.1. The van der Waals surface area contributed by atoms with Gasteiger partial charge in [0.15, 0.2) is 0 Å². The van der Waals surface area contributed by atoms with Crippen LogP contribution in [-0.2, 0) is 6.18 Å². The molecule has 0 saturated heterocycles. The summed E-state index contributed by atoms with van der Waals surface area (Å²) in [5, 5.41) is 9.74. The van der Waals surface area contributed by atoms with Crippen molar-refractivity contribution in [3.8, 4) is 0 Å². The van der Waals surface area contributed by atoms with E-state index in [2.05, 4.69) is 0 Å². The lowest BCUT2D eigenvalue weighted by Crippen LogP contribution is -2.27. The van der Waals surface area contributed by atoms with Gasteiger partial charge in [-0.1, -0.05) is 25.8 Å². The number of hydrogen-bond donors (Lipinski definition) is 2. The first-order valence-corrected chi connectivity index (χ1v) is 6.07. The highest BCUT2D eigenvalue weighted by Crippen LogP contribution is 2.31. The van der Waals surface area contributed by atoms with E-state index in [9.17, 15) is 22.7 Å². The van der Waals surface area contributed by atoms with E-state index in [0.717, 1.165) is 25.0 Å². The second kappa shape index (κ2) is 7.81. The molecule has 0 aromatic heterocycles. The molecule has 7 heteroatoms. The monoisotopic (exact) mass is 315 g/mol. The minimum atomic E-state index is -4.59. The fourth-order valence-electron chi connectivity index (χ4n) is 1.77. The molecular weight excluding hydrogens is 298 g/mol. The van der Waals surface area contributed by atoms with Gasteiger partial charge in [0.2, 0.25) is 0 Å². The minimum absolute atomic E-state index is 0. The molecular formula is C13H18ClF4NO. The molecule has 0 saturated carbocycles. The Morgan fingerprint density at radius 3 is 2.35 bits per heavy atom. The average molecular weight is 316 g/mol. The number of nitrogens with two attached hydrogens (primary N) is 1. The fraction of sp³-hybridized carbons (Fsp3) is 0.538. The van der Waals surface area contributed by atoms with Gasteiger partial charge in [0.1, 0.15) is 5.82 Å². The number of alkyl halides is 3. The van der Waals surface area contributed by atoms with Gasteiger partial charge >= 0.3 is 6.18 Å². The molecule has 0 aliphatic heterocycles. The smallest absolute Gasteiger partial charge is 0.391 e. The number of aliphatic hydroxyl groups is 1. The topological polar surface area (TPSA) is 46.2 Å². The maximum Gasteiger partial charge on any atom is 0.416 e. The van der Waals surface area contributed by atoms with Gasteiger partial charge in [-0.25, -0.2) is 4.39 Å². The standard InChI is InChI=1S/C13H17F4NO.ClH/c1-2-3-4-11(19)12(18)9-6-5-8(7-10(9)14)13(15,16)17;/h5-7,11-12,19H,2-4,18H2,1H3;1H/t11-,12+;/m1./s1. The molecule has 0 unspecified atom stereocenters. The highest BCUT2D eigenvalue weighted by atomic mass is 35.5. The van der Waals surface area contributed by atoms with Crippen LogP contribution in [0.3, 0.4) is 0 Å². The van der Waals surface area contributed by atoms with Crippen LogP contribution in [0.1, 0.15) is 43.4 Å². The van der Waals surface area contributed by atoms with Crippen LogP contribution in [0.15, 0.2) is 18.2 Å². The Labute approximate surface area is 121 Å². The van der Waals surface area contributed by atoms with E-state index in [1.807, 2.05) is 6.92 Å². The van der Waals surface area contributed by atoms with Gasteiger partial charge in [-0.2, -0.15) is 13.2 Å². The highest BCUT2D eigenvalue weighted by molar-refractivity contribution is 5.85. The van der Waals surface area contributed by atoms with Crippen molar-refractivity contribution in [2.45, 2.75) is 44.5 Å². The summed E-state index contributed by atoms with van der Waals surface area (Å²) in [7, 11) is 0. The molecule has 2 atom stereocenters. The van der Waals surface area contributed by atoms with Crippen LogP contribution in [0.5, 0.6) is 0 Å². The van der Waals surface area contributed by atoms with Crippen molar-refractivity contribution in [2.24, 2.45) is 5.73 Å². The predicted molar refractivity (Wildman–Crippen MR) is 71.1 cm³/mol. The molecule has 0 heterocycles. The molecule has 116 valence electrons. The Kier molecular flexibility index (Phi) is 7.47. The van der Waals surface area contributed by atoms with Gasteiger partial charge in [-0.3, -0.25) is 0 Å². The van der Waals surface area contributed by atoms with Gasteiger partial charge in [-0.05, 0) is 18.6 Å². The van der Waals surface area contributed by atoms with Crippen molar-refractivity contribution < 1.29 is 22.7 Å². The summed E-state index contributed by atoms with van der Waals surface area (Å²) in [4.78, 5) is 0. The molecule has 0 radical (unpaired) electrons. The molecule has 0 spiro atoms. The number of hydrogen-bond acceptors (Lipinski definition) is 2. The zero-order valence-electron chi connectivity index (χ0n) is 11.0. The number of benzene rings is 1. The highest BCUT2D eigenvalue weighted by Gasteiger charge is 2.32. The van der Waals surface area contributed by atoms with Crippen molar-refractivity contribution in [1.29, 1.82) is 0 Å². The second-order valence-corrected chi connectivity index (χ2v) is 4.47. The zero-order valence-corrected chi connectivity index (χ0v) is 11.8. The minimum Gasteiger partial charge on any atom is -0.391 e. The summed E-state index contributed by atoms with van der Waals surface area (Å²) in [5.74, 6) is -1.04. The second-order valence-electron chi connectivity index (χ2n) is 4.47. The third kappa shape index (κ3) is 4.92. The van der Waals surface area contributed by atoms with Crippen LogP contribution < -0.4 is 5.73 Å². The molecule has 0 fully saturated rings. The van der Waals surface area contributed by atoms with Crippen LogP contribution in [0.4, 0.5) is 17.6 Å². The maximum absolute atomic E-state index is 13.6. The number of rotatable bonds is 5. The van der Waals surface area contributed by atoms with Crippen LogP contribution in [0.2, 0.25) is 0 Å². The largest absolute Gasteiger partial charge is 0.416 e. The lowest BCUT2D eigenvalue weighted by molar-refractivity contribution is -0.137. The number of halogens is 5. The predicted octanol–water partition coefficient (Wildman–Crippen LogP) is 3.82. The van der Waals surface area contributed by atoms with Gasteiger partial charge in [0.25, 0.3) is 0 Å². The van der Waals surface area contributed by atoms with E-state index >= 15 is 0 Å². The Hall–Kier alpha value is -0.850. The van der Waals surface area contributed by atoms with Gasteiger partial charge in [0, 0.05) is 5.56 Å². The molecule has 0 aliphatic carbocycles. The van der Waals surface area contributed by atoms with E-state index in [0.29, 0.717) is 12.5 Å². The number of unbranched alkanes of at least 4 members (excludes halogenated alkanes) is 1. The van der Waals surface area contributed by atoms with Crippen molar-refractivity contribution in [2.75, 3.05) is 0 Å². The molecule has 2 nitrogen and oxygen atoms in total. The summed E-state index contributed by atoms with van der Waals surface area (Å²) >= 11 is 0. The third-order valence-electron chi connectivity index (χ3n) is 2.95. The molecule has 3 N–H and O–H groups in total. The van der Waals surface area contributed by atoms with Crippen molar-refractivity contribution in [3.05, 3.63) is 35.1 Å². The lowest BCUT2D eigenvalue weighted by atomic mass is 9.97. The van der Waals surface area contributed by atoms with Crippen LogP contribution in [0, 0.1) is 5.82 Å². The van der Waals surface area contributed by atoms with Crippen LogP contribution in [-0.4, -0.2) is 11.2 Å². The molecule has 0 amide bonds. The van der Waals surface area contributed by atoms with E-state index in [4.69, 9.17) is 5.73 Å². The SMILES string of the molecule is CCCC[C@@H](O)[C@@H](N)c1ccc(C(F)(F)F)cc1F.Cl.